The maximum Gasteiger partial charge on any atom is 0.259 e. The van der Waals surface area contributed by atoms with E-state index in [-0.39, 0.29) is 5.56 Å². The molecule has 0 saturated carbocycles. The first-order valence-corrected chi connectivity index (χ1v) is 8.71. The van der Waals surface area contributed by atoms with E-state index in [4.69, 9.17) is 17.0 Å². The summed E-state index contributed by atoms with van der Waals surface area (Å²) in [5.74, 6) is 1.29. The van der Waals surface area contributed by atoms with Gasteiger partial charge in [-0.1, -0.05) is 18.2 Å². The number of H-pyrrole nitrogens is 1. The highest BCUT2D eigenvalue weighted by molar-refractivity contribution is 7.73. The highest BCUT2D eigenvalue weighted by atomic mass is 32.2. The van der Waals surface area contributed by atoms with Gasteiger partial charge in [0, 0.05) is 11.2 Å². The summed E-state index contributed by atoms with van der Waals surface area (Å²) < 4.78 is 12.0. The molecule has 2 heterocycles. The van der Waals surface area contributed by atoms with Crippen molar-refractivity contribution in [2.45, 2.75) is 0 Å². The monoisotopic (exact) mass is 367 g/mol. The first-order chi connectivity index (χ1) is 12.2. The molecule has 0 fully saturated rings. The van der Waals surface area contributed by atoms with Gasteiger partial charge in [-0.15, -0.1) is 0 Å². The number of para-hydroxylation sites is 1. The maximum absolute atomic E-state index is 12.6. The Labute approximate surface area is 152 Å². The average Bonchev–Trinajstić information content (AvgIpc) is 3.02. The molecule has 25 heavy (non-hydrogen) atoms. The molecule has 0 saturated heterocycles. The van der Waals surface area contributed by atoms with E-state index in [2.05, 4.69) is 9.36 Å². The second-order valence-electron chi connectivity index (χ2n) is 5.40. The lowest BCUT2D eigenvalue weighted by Gasteiger charge is -2.08. The third kappa shape index (κ3) is 2.77. The minimum absolute atomic E-state index is 0.193. The molecule has 0 radical (unpaired) electrons. The molecular formula is C18H13N3O2S2. The molecule has 1 N–H and O–H groups in total. The molecule has 0 aliphatic rings. The fourth-order valence-electron chi connectivity index (χ4n) is 2.69. The summed E-state index contributed by atoms with van der Waals surface area (Å²) in [6.45, 7) is 0. The van der Waals surface area contributed by atoms with Gasteiger partial charge >= 0.3 is 0 Å². The third-order valence-corrected chi connectivity index (χ3v) is 4.94. The molecule has 124 valence electrons. The topological polar surface area (TPSA) is 59.9 Å². The number of hydrogen-bond acceptors (Lipinski definition) is 5. The quantitative estimate of drug-likeness (QED) is 0.552. The highest BCUT2D eigenvalue weighted by Gasteiger charge is 2.15. The van der Waals surface area contributed by atoms with Crippen LogP contribution < -0.4 is 10.3 Å². The minimum Gasteiger partial charge on any atom is -0.497 e. The Morgan fingerprint density at radius 2 is 1.92 bits per heavy atom. The van der Waals surface area contributed by atoms with E-state index in [0.717, 1.165) is 22.3 Å². The van der Waals surface area contributed by atoms with Crippen molar-refractivity contribution in [1.82, 2.24) is 13.9 Å². The van der Waals surface area contributed by atoms with E-state index in [1.165, 1.54) is 11.5 Å². The van der Waals surface area contributed by atoms with Crippen LogP contribution >= 0.6 is 23.8 Å². The summed E-state index contributed by atoms with van der Waals surface area (Å²) in [7, 11) is 1.62. The van der Waals surface area contributed by atoms with Crippen LogP contribution in [0.1, 0.15) is 0 Å². The van der Waals surface area contributed by atoms with Gasteiger partial charge in [0.05, 0.1) is 12.7 Å². The number of aromatic nitrogens is 3. The molecule has 7 heteroatoms. The maximum atomic E-state index is 12.6. The van der Waals surface area contributed by atoms with Gasteiger partial charge in [-0.25, -0.2) is 0 Å². The van der Waals surface area contributed by atoms with E-state index < -0.39 is 0 Å². The van der Waals surface area contributed by atoms with Crippen LogP contribution in [0, 0.1) is 3.95 Å². The SMILES string of the molecule is COc1ccc(-n2c(-c3cc4ccccc4[nH]c3=O)nsc2=S)cc1. The van der Waals surface area contributed by atoms with Gasteiger partial charge in [0.15, 0.2) is 9.78 Å². The van der Waals surface area contributed by atoms with Crippen molar-refractivity contribution < 1.29 is 4.74 Å². The van der Waals surface area contributed by atoms with Crippen LogP contribution in [-0.4, -0.2) is 21.0 Å². The third-order valence-electron chi connectivity index (χ3n) is 3.93. The van der Waals surface area contributed by atoms with Gasteiger partial charge < -0.3 is 9.72 Å². The average molecular weight is 367 g/mol. The molecule has 5 nitrogen and oxygen atoms in total. The van der Waals surface area contributed by atoms with Gasteiger partial charge in [0.25, 0.3) is 5.56 Å². The second-order valence-corrected chi connectivity index (χ2v) is 6.80. The van der Waals surface area contributed by atoms with Crippen molar-refractivity contribution in [1.29, 1.82) is 0 Å². The van der Waals surface area contributed by atoms with Crippen LogP contribution in [0.25, 0.3) is 28.0 Å². The molecule has 0 aliphatic carbocycles. The molecule has 0 amide bonds. The molecule has 4 rings (SSSR count). The van der Waals surface area contributed by atoms with Crippen LogP contribution in [0.2, 0.25) is 0 Å². The lowest BCUT2D eigenvalue weighted by molar-refractivity contribution is 0.415. The fourth-order valence-corrected chi connectivity index (χ4v) is 3.61. The fraction of sp³-hybridized carbons (Fsp3) is 0.0556. The molecule has 0 unspecified atom stereocenters. The van der Waals surface area contributed by atoms with Gasteiger partial charge in [0.1, 0.15) is 5.75 Å². The van der Waals surface area contributed by atoms with Crippen molar-refractivity contribution in [3.8, 4) is 22.8 Å². The van der Waals surface area contributed by atoms with E-state index in [0.29, 0.717) is 15.3 Å². The number of aromatic amines is 1. The first kappa shape index (κ1) is 15.7. The van der Waals surface area contributed by atoms with Gasteiger partial charge in [-0.3, -0.25) is 9.36 Å². The molecular weight excluding hydrogens is 354 g/mol. The van der Waals surface area contributed by atoms with E-state index >= 15 is 0 Å². The van der Waals surface area contributed by atoms with Gasteiger partial charge in [0.2, 0.25) is 0 Å². The Kier molecular flexibility index (Phi) is 3.95. The van der Waals surface area contributed by atoms with Crippen LogP contribution in [0.15, 0.2) is 59.4 Å². The zero-order valence-electron chi connectivity index (χ0n) is 13.2. The minimum atomic E-state index is -0.193. The first-order valence-electron chi connectivity index (χ1n) is 7.53. The smallest absolute Gasteiger partial charge is 0.259 e. The zero-order valence-corrected chi connectivity index (χ0v) is 14.9. The number of rotatable bonds is 3. The summed E-state index contributed by atoms with van der Waals surface area (Å²) in [5, 5.41) is 0.942. The lowest BCUT2D eigenvalue weighted by atomic mass is 10.1. The predicted molar refractivity (Wildman–Crippen MR) is 102 cm³/mol. The second kappa shape index (κ2) is 6.27. The van der Waals surface area contributed by atoms with Crippen LogP contribution in [-0.2, 0) is 0 Å². The molecule has 4 aromatic rings. The van der Waals surface area contributed by atoms with Gasteiger partial charge in [-0.05, 0) is 65.5 Å². The number of benzene rings is 2. The Balaban J connectivity index is 1.94. The number of pyridine rings is 1. The molecule has 2 aromatic carbocycles. The van der Waals surface area contributed by atoms with E-state index in [9.17, 15) is 4.79 Å². The number of hydrogen-bond donors (Lipinski definition) is 1. The van der Waals surface area contributed by atoms with Crippen molar-refractivity contribution in [2.24, 2.45) is 0 Å². The number of methoxy groups -OCH3 is 1. The standard InChI is InChI=1S/C18H13N3O2S2/c1-23-13-8-6-12(7-9-13)21-16(20-25-18(21)24)14-10-11-4-2-3-5-15(11)19-17(14)22/h2-10H,1H3,(H,19,22). The molecule has 2 aromatic heterocycles. The van der Waals surface area contributed by atoms with Crippen molar-refractivity contribution >= 4 is 34.7 Å². The number of nitrogens with one attached hydrogen (secondary N) is 1. The van der Waals surface area contributed by atoms with Crippen molar-refractivity contribution in [3.63, 3.8) is 0 Å². The largest absolute Gasteiger partial charge is 0.497 e. The zero-order chi connectivity index (χ0) is 17.4. The van der Waals surface area contributed by atoms with Gasteiger partial charge in [-0.2, -0.15) is 4.37 Å². The van der Waals surface area contributed by atoms with Crippen LogP contribution in [0.4, 0.5) is 0 Å². The number of nitrogens with zero attached hydrogens (tertiary/aromatic N) is 2. The van der Waals surface area contributed by atoms with Crippen LogP contribution in [0.5, 0.6) is 5.75 Å². The Morgan fingerprint density at radius 3 is 2.68 bits per heavy atom. The molecule has 0 atom stereocenters. The normalized spacial score (nSPS) is 10.9. The summed E-state index contributed by atoms with van der Waals surface area (Å²) in [4.78, 5) is 15.5. The molecule has 0 aliphatic heterocycles. The summed E-state index contributed by atoms with van der Waals surface area (Å²) in [6.07, 6.45) is 0. The van der Waals surface area contributed by atoms with Crippen molar-refractivity contribution in [3.05, 3.63) is 68.9 Å². The summed E-state index contributed by atoms with van der Waals surface area (Å²) >= 11 is 6.62. The molecule has 0 spiro atoms. The van der Waals surface area contributed by atoms with E-state index in [1.807, 2.05) is 54.6 Å². The predicted octanol–water partition coefficient (Wildman–Crippen LogP) is 4.18. The molecule has 0 bridgehead atoms. The Hall–Kier alpha value is -2.77. The van der Waals surface area contributed by atoms with E-state index in [1.54, 1.807) is 11.7 Å². The summed E-state index contributed by atoms with van der Waals surface area (Å²) in [5.41, 5.74) is 1.92. The Bertz CT molecular complexity index is 1170. The number of fused-ring (bicyclic) bond motifs is 1. The number of ether oxygens (including phenoxy) is 1. The van der Waals surface area contributed by atoms with Crippen molar-refractivity contribution in [2.75, 3.05) is 7.11 Å². The Morgan fingerprint density at radius 1 is 1.16 bits per heavy atom. The summed E-state index contributed by atoms with van der Waals surface area (Å²) in [6, 6.07) is 17.0. The lowest BCUT2D eigenvalue weighted by Crippen LogP contribution is -2.11. The highest BCUT2D eigenvalue weighted by Crippen LogP contribution is 2.25. The van der Waals surface area contributed by atoms with Crippen LogP contribution in [0.3, 0.4) is 0 Å².